The second-order valence-electron chi connectivity index (χ2n) is 6.42. The molecule has 2 aliphatic rings. The molecular weight excluding hydrogens is 296 g/mol. The fourth-order valence-corrected chi connectivity index (χ4v) is 3.49. The van der Waals surface area contributed by atoms with Gasteiger partial charge in [0.05, 0.1) is 17.7 Å². The van der Waals surface area contributed by atoms with Crippen LogP contribution < -0.4 is 4.74 Å². The van der Waals surface area contributed by atoms with Crippen LogP contribution >= 0.6 is 0 Å². The molecule has 3 rings (SSSR count). The lowest BCUT2D eigenvalue weighted by atomic mass is 9.85. The molecule has 23 heavy (non-hydrogen) atoms. The van der Waals surface area contributed by atoms with Gasteiger partial charge < -0.3 is 19.5 Å². The monoisotopic (exact) mass is 316 g/mol. The fourth-order valence-electron chi connectivity index (χ4n) is 3.49. The van der Waals surface area contributed by atoms with Gasteiger partial charge in [-0.3, -0.25) is 4.79 Å². The Morgan fingerprint density at radius 2 is 2.30 bits per heavy atom. The quantitative estimate of drug-likeness (QED) is 0.859. The first-order chi connectivity index (χ1) is 11.0. The highest BCUT2D eigenvalue weighted by molar-refractivity contribution is 5.79. The Bertz CT molecular complexity index is 665. The zero-order valence-electron chi connectivity index (χ0n) is 13.3. The third-order valence-electron chi connectivity index (χ3n) is 4.50. The zero-order valence-corrected chi connectivity index (χ0v) is 13.3. The van der Waals surface area contributed by atoms with E-state index in [1.807, 2.05) is 13.8 Å². The molecule has 0 aromatic heterocycles. The van der Waals surface area contributed by atoms with Crippen LogP contribution in [0.5, 0.6) is 5.75 Å². The summed E-state index contributed by atoms with van der Waals surface area (Å²) >= 11 is 0. The molecule has 0 aliphatic carbocycles. The number of carbonyl (C=O) groups excluding carboxylic acids is 1. The van der Waals surface area contributed by atoms with Crippen LogP contribution in [0, 0.1) is 11.3 Å². The Labute approximate surface area is 135 Å². The standard InChI is InChI=1S/C17H20N2O4/c1-17(2)16(22-10-20)15(19-7-3-4-14(19)21)12-8-11(9-18)5-6-13(12)23-17/h5-6,8,15-16,20H,3-4,7,10H2,1-2H3/t15-,16+/m1/s1. The zero-order chi connectivity index (χ0) is 16.6. The summed E-state index contributed by atoms with van der Waals surface area (Å²) in [6.07, 6.45) is 0.795. The first kappa shape index (κ1) is 15.8. The minimum Gasteiger partial charge on any atom is -0.485 e. The summed E-state index contributed by atoms with van der Waals surface area (Å²) in [7, 11) is 0. The second-order valence-corrected chi connectivity index (χ2v) is 6.42. The summed E-state index contributed by atoms with van der Waals surface area (Å²) in [5.41, 5.74) is 0.556. The molecule has 1 aromatic rings. The minimum absolute atomic E-state index is 0.0625. The largest absolute Gasteiger partial charge is 0.485 e. The minimum atomic E-state index is -0.711. The number of likely N-dealkylation sites (tertiary alicyclic amines) is 1. The molecule has 6 heteroatoms. The third kappa shape index (κ3) is 2.67. The summed E-state index contributed by atoms with van der Waals surface area (Å²) in [5, 5.41) is 18.5. The predicted octanol–water partition coefficient (Wildman–Crippen LogP) is 1.73. The SMILES string of the molecule is CC1(C)Oc2ccc(C#N)cc2[C@@H](N2CCCC2=O)[C@@H]1OCO. The van der Waals surface area contributed by atoms with Crippen molar-refractivity contribution < 1.29 is 19.4 Å². The lowest BCUT2D eigenvalue weighted by Crippen LogP contribution is -2.55. The van der Waals surface area contributed by atoms with Crippen molar-refractivity contribution in [3.63, 3.8) is 0 Å². The van der Waals surface area contributed by atoms with Gasteiger partial charge in [0.1, 0.15) is 24.2 Å². The van der Waals surface area contributed by atoms with Crippen LogP contribution in [0.1, 0.15) is 43.9 Å². The Balaban J connectivity index is 2.13. The van der Waals surface area contributed by atoms with Crippen LogP contribution in [-0.2, 0) is 9.53 Å². The van der Waals surface area contributed by atoms with E-state index in [0.29, 0.717) is 24.3 Å². The molecule has 1 fully saturated rings. The number of nitriles is 1. The van der Waals surface area contributed by atoms with E-state index in [2.05, 4.69) is 6.07 Å². The van der Waals surface area contributed by atoms with E-state index < -0.39 is 18.5 Å². The number of hydrogen-bond acceptors (Lipinski definition) is 5. The van der Waals surface area contributed by atoms with Crippen LogP contribution in [0.15, 0.2) is 18.2 Å². The van der Waals surface area contributed by atoms with Crippen LogP contribution in [0.3, 0.4) is 0 Å². The molecular formula is C17H20N2O4. The molecule has 122 valence electrons. The molecule has 2 atom stereocenters. The number of nitrogens with zero attached hydrogens (tertiary/aromatic N) is 2. The van der Waals surface area contributed by atoms with Gasteiger partial charge in [0.2, 0.25) is 5.91 Å². The van der Waals surface area contributed by atoms with Gasteiger partial charge in [0, 0.05) is 18.5 Å². The van der Waals surface area contributed by atoms with Crippen LogP contribution in [0.2, 0.25) is 0 Å². The number of amides is 1. The first-order valence-corrected chi connectivity index (χ1v) is 7.73. The lowest BCUT2D eigenvalue weighted by molar-refractivity contribution is -0.168. The molecule has 2 heterocycles. The molecule has 0 saturated carbocycles. The second kappa shape index (κ2) is 5.84. The molecule has 1 amide bonds. The van der Waals surface area contributed by atoms with Gasteiger partial charge in [-0.25, -0.2) is 0 Å². The number of fused-ring (bicyclic) bond motifs is 1. The summed E-state index contributed by atoms with van der Waals surface area (Å²) in [5.74, 6) is 0.712. The van der Waals surface area contributed by atoms with Gasteiger partial charge in [0.25, 0.3) is 0 Å². The topological polar surface area (TPSA) is 82.8 Å². The van der Waals surface area contributed by atoms with Gasteiger partial charge in [-0.05, 0) is 38.5 Å². The number of hydrogen-bond donors (Lipinski definition) is 1. The van der Waals surface area contributed by atoms with E-state index in [4.69, 9.17) is 9.47 Å². The van der Waals surface area contributed by atoms with E-state index in [1.165, 1.54) is 0 Å². The van der Waals surface area contributed by atoms with Crippen molar-refractivity contribution >= 4 is 5.91 Å². The number of aliphatic hydroxyl groups excluding tert-OH is 1. The van der Waals surface area contributed by atoms with E-state index in [-0.39, 0.29) is 11.9 Å². The van der Waals surface area contributed by atoms with Crippen molar-refractivity contribution in [2.75, 3.05) is 13.3 Å². The molecule has 1 saturated heterocycles. The number of carbonyl (C=O) groups is 1. The Morgan fingerprint density at radius 1 is 1.52 bits per heavy atom. The van der Waals surface area contributed by atoms with Crippen molar-refractivity contribution in [1.82, 2.24) is 4.90 Å². The summed E-state index contributed by atoms with van der Waals surface area (Å²) in [4.78, 5) is 14.1. The van der Waals surface area contributed by atoms with Gasteiger partial charge in [-0.2, -0.15) is 5.26 Å². The summed E-state index contributed by atoms with van der Waals surface area (Å²) < 4.78 is 11.6. The fraction of sp³-hybridized carbons (Fsp3) is 0.529. The Hall–Kier alpha value is -2.10. The highest BCUT2D eigenvalue weighted by Gasteiger charge is 2.49. The molecule has 1 N–H and O–H groups in total. The maximum Gasteiger partial charge on any atom is 0.223 e. The highest BCUT2D eigenvalue weighted by Crippen LogP contribution is 2.45. The van der Waals surface area contributed by atoms with E-state index in [1.54, 1.807) is 23.1 Å². The molecule has 0 unspecified atom stereocenters. The Kier molecular flexibility index (Phi) is 4.00. The predicted molar refractivity (Wildman–Crippen MR) is 81.5 cm³/mol. The first-order valence-electron chi connectivity index (χ1n) is 7.73. The summed E-state index contributed by atoms with van der Waals surface area (Å²) in [6, 6.07) is 6.95. The van der Waals surface area contributed by atoms with Crippen molar-refractivity contribution in [3.8, 4) is 11.8 Å². The van der Waals surface area contributed by atoms with Crippen molar-refractivity contribution in [3.05, 3.63) is 29.3 Å². The van der Waals surface area contributed by atoms with Crippen molar-refractivity contribution in [2.24, 2.45) is 0 Å². The molecule has 6 nitrogen and oxygen atoms in total. The third-order valence-corrected chi connectivity index (χ3v) is 4.50. The van der Waals surface area contributed by atoms with Crippen LogP contribution in [0.4, 0.5) is 0 Å². The number of benzene rings is 1. The average Bonchev–Trinajstić information content (AvgIpc) is 2.93. The molecule has 0 spiro atoms. The van der Waals surface area contributed by atoms with Gasteiger partial charge in [-0.15, -0.1) is 0 Å². The van der Waals surface area contributed by atoms with Gasteiger partial charge >= 0.3 is 0 Å². The molecule has 0 radical (unpaired) electrons. The van der Waals surface area contributed by atoms with Crippen molar-refractivity contribution in [2.45, 2.75) is 44.4 Å². The van der Waals surface area contributed by atoms with Crippen LogP contribution in [0.25, 0.3) is 0 Å². The van der Waals surface area contributed by atoms with Crippen molar-refractivity contribution in [1.29, 1.82) is 5.26 Å². The van der Waals surface area contributed by atoms with E-state index in [9.17, 15) is 15.2 Å². The maximum absolute atomic E-state index is 12.3. The highest BCUT2D eigenvalue weighted by atomic mass is 16.6. The van der Waals surface area contributed by atoms with Gasteiger partial charge in [-0.1, -0.05) is 0 Å². The maximum atomic E-state index is 12.3. The molecule has 0 bridgehead atoms. The lowest BCUT2D eigenvalue weighted by Gasteiger charge is -2.47. The number of rotatable bonds is 3. The van der Waals surface area contributed by atoms with E-state index in [0.717, 1.165) is 12.0 Å². The molecule has 1 aromatic carbocycles. The Morgan fingerprint density at radius 3 is 2.91 bits per heavy atom. The molecule has 2 aliphatic heterocycles. The van der Waals surface area contributed by atoms with Gasteiger partial charge in [0.15, 0.2) is 0 Å². The van der Waals surface area contributed by atoms with Crippen LogP contribution in [-0.4, -0.2) is 41.0 Å². The van der Waals surface area contributed by atoms with E-state index >= 15 is 0 Å². The summed E-state index contributed by atoms with van der Waals surface area (Å²) in [6.45, 7) is 3.94. The number of aliphatic hydroxyl groups is 1. The number of ether oxygens (including phenoxy) is 2. The smallest absolute Gasteiger partial charge is 0.223 e. The normalized spacial score (nSPS) is 25.7. The average molecular weight is 316 g/mol.